The van der Waals surface area contributed by atoms with Gasteiger partial charge in [-0.05, 0) is 31.2 Å². The number of fused-ring (bicyclic) bond motifs is 1. The van der Waals surface area contributed by atoms with E-state index in [1.165, 1.54) is 0 Å². The van der Waals surface area contributed by atoms with E-state index in [1.54, 1.807) is 18.2 Å². The van der Waals surface area contributed by atoms with E-state index in [2.05, 4.69) is 16.5 Å². The first-order valence-electron chi connectivity index (χ1n) is 7.87. The molecular weight excluding hydrogens is 288 g/mol. The fraction of sp³-hybridized carbons (Fsp3) is 0.263. The van der Waals surface area contributed by atoms with Crippen LogP contribution in [0.5, 0.6) is 5.75 Å². The van der Waals surface area contributed by atoms with Crippen molar-refractivity contribution in [1.82, 2.24) is 9.55 Å². The number of aryl methyl sites for hydroxylation is 3. The maximum Gasteiger partial charge on any atom is 0.168 e. The predicted octanol–water partition coefficient (Wildman–Crippen LogP) is 3.89. The molecule has 0 bridgehead atoms. The van der Waals surface area contributed by atoms with Crippen molar-refractivity contribution in [1.29, 1.82) is 0 Å². The Morgan fingerprint density at radius 1 is 1.22 bits per heavy atom. The molecular formula is C19H20N2O2. The Morgan fingerprint density at radius 3 is 2.78 bits per heavy atom. The van der Waals surface area contributed by atoms with Gasteiger partial charge in [0.25, 0.3) is 0 Å². The highest BCUT2D eigenvalue weighted by molar-refractivity contribution is 5.98. The molecule has 23 heavy (non-hydrogen) atoms. The molecule has 0 aliphatic heterocycles. The molecule has 118 valence electrons. The number of aromatic hydroxyl groups is 1. The van der Waals surface area contributed by atoms with Crippen LogP contribution in [0.25, 0.3) is 11.0 Å². The van der Waals surface area contributed by atoms with E-state index in [-0.39, 0.29) is 11.5 Å². The molecule has 0 amide bonds. The lowest BCUT2D eigenvalue weighted by Gasteiger charge is -2.09. The van der Waals surface area contributed by atoms with Crippen LogP contribution in [0.4, 0.5) is 0 Å². The van der Waals surface area contributed by atoms with Crippen LogP contribution in [0.15, 0.2) is 42.5 Å². The highest BCUT2D eigenvalue weighted by atomic mass is 16.3. The van der Waals surface area contributed by atoms with Crippen LogP contribution in [0.2, 0.25) is 0 Å². The molecule has 0 aliphatic rings. The van der Waals surface area contributed by atoms with Crippen molar-refractivity contribution in [2.45, 2.75) is 33.2 Å². The minimum Gasteiger partial charge on any atom is -0.507 e. The third-order valence-corrected chi connectivity index (χ3v) is 4.06. The number of aromatic nitrogens is 2. The molecule has 3 rings (SSSR count). The molecule has 0 spiro atoms. The van der Waals surface area contributed by atoms with Gasteiger partial charge in [-0.15, -0.1) is 0 Å². The monoisotopic (exact) mass is 308 g/mol. The van der Waals surface area contributed by atoms with E-state index in [1.807, 2.05) is 31.2 Å². The van der Waals surface area contributed by atoms with Crippen LogP contribution in [-0.4, -0.2) is 20.4 Å². The molecule has 4 nitrogen and oxygen atoms in total. The van der Waals surface area contributed by atoms with Crippen LogP contribution in [-0.2, 0) is 13.0 Å². The number of ketones is 1. The number of para-hydroxylation sites is 2. The summed E-state index contributed by atoms with van der Waals surface area (Å²) in [4.78, 5) is 17.1. The molecule has 0 radical (unpaired) electrons. The zero-order chi connectivity index (χ0) is 16.4. The Kier molecular flexibility index (Phi) is 4.15. The maximum absolute atomic E-state index is 12.5. The number of carbonyl (C=O) groups excluding carboxylic acids is 1. The molecule has 1 N–H and O–H groups in total. The summed E-state index contributed by atoms with van der Waals surface area (Å²) in [7, 11) is 0. The maximum atomic E-state index is 12.5. The van der Waals surface area contributed by atoms with Gasteiger partial charge in [0.1, 0.15) is 11.6 Å². The number of hydrogen-bond acceptors (Lipinski definition) is 3. The minimum atomic E-state index is -0.0500. The highest BCUT2D eigenvalue weighted by Crippen LogP contribution is 2.22. The van der Waals surface area contributed by atoms with E-state index < -0.39 is 0 Å². The summed E-state index contributed by atoms with van der Waals surface area (Å²) < 4.78 is 2.10. The van der Waals surface area contributed by atoms with Crippen molar-refractivity contribution in [3.8, 4) is 5.75 Å². The Bertz CT molecular complexity index is 865. The van der Waals surface area contributed by atoms with Crippen LogP contribution < -0.4 is 0 Å². The number of Topliss-reactive ketones (excluding diaryl/α,β-unsaturated/α-hetero) is 1. The van der Waals surface area contributed by atoms with Crippen molar-refractivity contribution in [2.75, 3.05) is 0 Å². The summed E-state index contributed by atoms with van der Waals surface area (Å²) in [5, 5.41) is 9.90. The first-order chi connectivity index (χ1) is 11.1. The van der Waals surface area contributed by atoms with Crippen LogP contribution in [0.3, 0.4) is 0 Å². The zero-order valence-corrected chi connectivity index (χ0v) is 13.4. The minimum absolute atomic E-state index is 0.0480. The number of rotatable bonds is 5. The van der Waals surface area contributed by atoms with E-state index >= 15 is 0 Å². The highest BCUT2D eigenvalue weighted by Gasteiger charge is 2.14. The summed E-state index contributed by atoms with van der Waals surface area (Å²) in [6, 6.07) is 13.1. The van der Waals surface area contributed by atoms with Gasteiger partial charge in [-0.3, -0.25) is 4.79 Å². The van der Waals surface area contributed by atoms with Gasteiger partial charge in [0, 0.05) is 19.4 Å². The van der Waals surface area contributed by atoms with Crippen LogP contribution in [0.1, 0.15) is 35.1 Å². The molecule has 0 aliphatic carbocycles. The molecule has 0 unspecified atom stereocenters. The third-order valence-electron chi connectivity index (χ3n) is 4.06. The standard InChI is InChI=1S/C19H20N2O2/c1-3-19-20-15-6-4-5-7-16(15)21(19)11-10-18(23)14-12-13(2)8-9-17(14)22/h4-9,12,22H,3,10-11H2,1-2H3. The predicted molar refractivity (Wildman–Crippen MR) is 90.9 cm³/mol. The second-order valence-electron chi connectivity index (χ2n) is 5.72. The average molecular weight is 308 g/mol. The van der Waals surface area contributed by atoms with Gasteiger partial charge in [-0.25, -0.2) is 4.98 Å². The van der Waals surface area contributed by atoms with Crippen LogP contribution >= 0.6 is 0 Å². The average Bonchev–Trinajstić information content (AvgIpc) is 2.92. The normalized spacial score (nSPS) is 11.0. The molecule has 1 aromatic heterocycles. The number of phenols is 1. The Balaban J connectivity index is 1.86. The first-order valence-corrected chi connectivity index (χ1v) is 7.87. The lowest BCUT2D eigenvalue weighted by Crippen LogP contribution is -2.09. The second kappa shape index (κ2) is 6.24. The van der Waals surface area contributed by atoms with Crippen molar-refractivity contribution in [3.63, 3.8) is 0 Å². The summed E-state index contributed by atoms with van der Waals surface area (Å²) >= 11 is 0. The Hall–Kier alpha value is -2.62. The lowest BCUT2D eigenvalue weighted by atomic mass is 10.0. The van der Waals surface area contributed by atoms with Gasteiger partial charge in [0.05, 0.1) is 16.6 Å². The fourth-order valence-electron chi connectivity index (χ4n) is 2.87. The topological polar surface area (TPSA) is 55.1 Å². The Labute approximate surface area is 135 Å². The van der Waals surface area contributed by atoms with Gasteiger partial charge in [-0.2, -0.15) is 0 Å². The quantitative estimate of drug-likeness (QED) is 0.728. The summed E-state index contributed by atoms with van der Waals surface area (Å²) in [6.07, 6.45) is 1.16. The van der Waals surface area contributed by atoms with E-state index in [4.69, 9.17) is 0 Å². The number of nitrogens with zero attached hydrogens (tertiary/aromatic N) is 2. The zero-order valence-electron chi connectivity index (χ0n) is 13.4. The van der Waals surface area contributed by atoms with Gasteiger partial charge in [-0.1, -0.05) is 30.7 Å². The van der Waals surface area contributed by atoms with Crippen molar-refractivity contribution in [3.05, 3.63) is 59.4 Å². The molecule has 0 fully saturated rings. The number of carbonyl (C=O) groups is 1. The molecule has 2 aromatic carbocycles. The number of benzene rings is 2. The van der Waals surface area contributed by atoms with E-state index in [9.17, 15) is 9.90 Å². The fourth-order valence-corrected chi connectivity index (χ4v) is 2.87. The summed E-state index contributed by atoms with van der Waals surface area (Å²) in [5.74, 6) is 0.977. The van der Waals surface area contributed by atoms with Crippen LogP contribution in [0, 0.1) is 6.92 Å². The first kappa shape index (κ1) is 15.3. The molecule has 3 aromatic rings. The molecule has 0 atom stereocenters. The molecule has 4 heteroatoms. The second-order valence-corrected chi connectivity index (χ2v) is 5.72. The Morgan fingerprint density at radius 2 is 2.00 bits per heavy atom. The van der Waals surface area contributed by atoms with Gasteiger partial charge in [0.2, 0.25) is 0 Å². The van der Waals surface area contributed by atoms with Crippen molar-refractivity contribution < 1.29 is 9.90 Å². The van der Waals surface area contributed by atoms with Crippen molar-refractivity contribution >= 4 is 16.8 Å². The smallest absolute Gasteiger partial charge is 0.168 e. The molecule has 0 saturated heterocycles. The third kappa shape index (κ3) is 2.97. The number of hydrogen-bond donors (Lipinski definition) is 1. The summed E-state index contributed by atoms with van der Waals surface area (Å²) in [5.41, 5.74) is 3.36. The van der Waals surface area contributed by atoms with Gasteiger partial charge < -0.3 is 9.67 Å². The van der Waals surface area contributed by atoms with E-state index in [0.29, 0.717) is 18.5 Å². The molecule has 1 heterocycles. The van der Waals surface area contributed by atoms with Gasteiger partial charge in [0.15, 0.2) is 5.78 Å². The number of imidazole rings is 1. The van der Waals surface area contributed by atoms with Crippen molar-refractivity contribution in [2.24, 2.45) is 0 Å². The lowest BCUT2D eigenvalue weighted by molar-refractivity contribution is 0.0974. The SMILES string of the molecule is CCc1nc2ccccc2n1CCC(=O)c1cc(C)ccc1O. The molecule has 0 saturated carbocycles. The van der Waals surface area contributed by atoms with E-state index in [0.717, 1.165) is 28.8 Å². The summed E-state index contributed by atoms with van der Waals surface area (Å²) in [6.45, 7) is 4.54. The largest absolute Gasteiger partial charge is 0.507 e. The number of phenolic OH excluding ortho intramolecular Hbond substituents is 1. The van der Waals surface area contributed by atoms with Gasteiger partial charge >= 0.3 is 0 Å².